The van der Waals surface area contributed by atoms with Crippen molar-refractivity contribution >= 4 is 23.9 Å². The maximum absolute atomic E-state index is 12.4. The number of unbranched alkanes of at least 4 members (excludes halogenated alkanes) is 3. The normalized spacial score (nSPS) is 13.0. The standard InChI is InChI=1S/C34H40O9/c1-24(2)32(36)42-29-17-19-30(20-18-29)43-34(38)26-13-15-27(16-14-26)39-21-9-4-5-10-22-40-33(37)25(3)23-31(35)41-28-11-7-6-8-12-28/h13-20,28H,1,3-12,21-23H2,2H3. The minimum Gasteiger partial charge on any atom is -0.494 e. The Labute approximate surface area is 252 Å². The molecular weight excluding hydrogens is 552 g/mol. The Bertz CT molecular complexity index is 1260. The van der Waals surface area contributed by atoms with Gasteiger partial charge in [-0.2, -0.15) is 0 Å². The van der Waals surface area contributed by atoms with Gasteiger partial charge in [-0.1, -0.05) is 19.6 Å². The van der Waals surface area contributed by atoms with Gasteiger partial charge in [0.1, 0.15) is 23.4 Å². The van der Waals surface area contributed by atoms with Gasteiger partial charge in [0.15, 0.2) is 0 Å². The first-order chi connectivity index (χ1) is 20.7. The van der Waals surface area contributed by atoms with Crippen LogP contribution in [-0.2, 0) is 23.9 Å². The second-order valence-electron chi connectivity index (χ2n) is 10.5. The van der Waals surface area contributed by atoms with Crippen LogP contribution in [0.1, 0.15) is 81.5 Å². The number of carbonyl (C=O) groups is 4. The zero-order valence-corrected chi connectivity index (χ0v) is 24.8. The van der Waals surface area contributed by atoms with Crippen LogP contribution in [0.2, 0.25) is 0 Å². The summed E-state index contributed by atoms with van der Waals surface area (Å²) in [7, 11) is 0. The zero-order valence-electron chi connectivity index (χ0n) is 24.8. The Kier molecular flexibility index (Phi) is 13.5. The predicted molar refractivity (Wildman–Crippen MR) is 160 cm³/mol. The summed E-state index contributed by atoms with van der Waals surface area (Å²) < 4.78 is 26.9. The van der Waals surface area contributed by atoms with Crippen molar-refractivity contribution in [3.05, 3.63) is 78.4 Å². The molecule has 9 nitrogen and oxygen atoms in total. The molecule has 0 unspecified atom stereocenters. The fraction of sp³-hybridized carbons (Fsp3) is 0.412. The van der Waals surface area contributed by atoms with Crippen molar-refractivity contribution in [3.63, 3.8) is 0 Å². The first kappa shape index (κ1) is 33.1. The van der Waals surface area contributed by atoms with Crippen LogP contribution in [-0.4, -0.2) is 43.2 Å². The van der Waals surface area contributed by atoms with E-state index in [0.717, 1.165) is 44.9 Å². The quantitative estimate of drug-likeness (QED) is 0.0910. The number of carbonyl (C=O) groups excluding carboxylic acids is 4. The summed E-state index contributed by atoms with van der Waals surface area (Å²) in [6.07, 6.45) is 8.14. The lowest BCUT2D eigenvalue weighted by Gasteiger charge is -2.21. The van der Waals surface area contributed by atoms with E-state index >= 15 is 0 Å². The summed E-state index contributed by atoms with van der Waals surface area (Å²) in [6, 6.07) is 12.8. The lowest BCUT2D eigenvalue weighted by atomic mass is 9.98. The van der Waals surface area contributed by atoms with Crippen LogP contribution in [0.15, 0.2) is 72.8 Å². The van der Waals surface area contributed by atoms with Crippen LogP contribution in [0.3, 0.4) is 0 Å². The predicted octanol–water partition coefficient (Wildman–Crippen LogP) is 6.69. The highest BCUT2D eigenvalue weighted by Crippen LogP contribution is 2.22. The van der Waals surface area contributed by atoms with Crippen LogP contribution in [0.5, 0.6) is 17.2 Å². The molecule has 0 N–H and O–H groups in total. The summed E-state index contributed by atoms with van der Waals surface area (Å²) in [5.41, 5.74) is 0.766. The second kappa shape index (κ2) is 17.5. The molecule has 43 heavy (non-hydrogen) atoms. The highest BCUT2D eigenvalue weighted by Gasteiger charge is 2.20. The van der Waals surface area contributed by atoms with Crippen LogP contribution in [0.4, 0.5) is 0 Å². The summed E-state index contributed by atoms with van der Waals surface area (Å²) in [4.78, 5) is 48.1. The maximum atomic E-state index is 12.4. The van der Waals surface area contributed by atoms with Crippen LogP contribution in [0.25, 0.3) is 0 Å². The molecular formula is C34H40O9. The molecule has 3 rings (SSSR count). The average molecular weight is 593 g/mol. The molecule has 1 saturated carbocycles. The molecule has 1 aliphatic rings. The smallest absolute Gasteiger partial charge is 0.343 e. The Hall–Kier alpha value is -4.40. The van der Waals surface area contributed by atoms with Crippen molar-refractivity contribution in [2.45, 2.75) is 77.2 Å². The molecule has 9 heteroatoms. The van der Waals surface area contributed by atoms with Crippen molar-refractivity contribution < 1.29 is 42.9 Å². The summed E-state index contributed by atoms with van der Waals surface area (Å²) in [6.45, 7) is 9.53. The maximum Gasteiger partial charge on any atom is 0.343 e. The van der Waals surface area contributed by atoms with Gasteiger partial charge < -0.3 is 23.7 Å². The number of benzene rings is 2. The van der Waals surface area contributed by atoms with E-state index < -0.39 is 23.9 Å². The van der Waals surface area contributed by atoms with E-state index in [4.69, 9.17) is 23.7 Å². The first-order valence-electron chi connectivity index (χ1n) is 14.7. The Morgan fingerprint density at radius 3 is 1.93 bits per heavy atom. The molecule has 0 aromatic heterocycles. The molecule has 0 atom stereocenters. The van der Waals surface area contributed by atoms with Gasteiger partial charge >= 0.3 is 23.9 Å². The molecule has 2 aromatic carbocycles. The van der Waals surface area contributed by atoms with Gasteiger partial charge in [-0.05, 0) is 107 Å². The highest BCUT2D eigenvalue weighted by molar-refractivity contribution is 5.93. The second-order valence-corrected chi connectivity index (χ2v) is 10.5. The molecule has 0 saturated heterocycles. The van der Waals surface area contributed by atoms with E-state index in [1.807, 2.05) is 0 Å². The number of rotatable bonds is 16. The number of esters is 4. The highest BCUT2D eigenvalue weighted by atomic mass is 16.6. The van der Waals surface area contributed by atoms with E-state index in [0.29, 0.717) is 35.8 Å². The van der Waals surface area contributed by atoms with Gasteiger partial charge in [0, 0.05) is 11.1 Å². The number of ether oxygens (including phenoxy) is 5. The Balaban J connectivity index is 1.24. The molecule has 0 heterocycles. The van der Waals surface area contributed by atoms with E-state index in [1.54, 1.807) is 31.2 Å². The third-order valence-electron chi connectivity index (χ3n) is 6.72. The number of hydrogen-bond donors (Lipinski definition) is 0. The van der Waals surface area contributed by atoms with Crippen LogP contribution in [0, 0.1) is 0 Å². The van der Waals surface area contributed by atoms with Crippen molar-refractivity contribution in [1.82, 2.24) is 0 Å². The molecule has 0 radical (unpaired) electrons. The minimum atomic E-state index is -0.559. The van der Waals surface area contributed by atoms with Crippen molar-refractivity contribution in [3.8, 4) is 17.2 Å². The van der Waals surface area contributed by atoms with E-state index in [2.05, 4.69) is 13.2 Å². The molecule has 1 fully saturated rings. The van der Waals surface area contributed by atoms with Crippen molar-refractivity contribution in [1.29, 1.82) is 0 Å². The fourth-order valence-corrected chi connectivity index (χ4v) is 4.29. The van der Waals surface area contributed by atoms with Gasteiger partial charge in [-0.15, -0.1) is 0 Å². The lowest BCUT2D eigenvalue weighted by Crippen LogP contribution is -2.22. The molecule has 230 valence electrons. The van der Waals surface area contributed by atoms with E-state index in [1.165, 1.54) is 30.7 Å². The van der Waals surface area contributed by atoms with Crippen LogP contribution >= 0.6 is 0 Å². The first-order valence-corrected chi connectivity index (χ1v) is 14.7. The van der Waals surface area contributed by atoms with E-state index in [-0.39, 0.29) is 30.3 Å². The van der Waals surface area contributed by atoms with Crippen LogP contribution < -0.4 is 14.2 Å². The molecule has 0 amide bonds. The topological polar surface area (TPSA) is 114 Å². The van der Waals surface area contributed by atoms with Gasteiger partial charge in [0.25, 0.3) is 0 Å². The fourth-order valence-electron chi connectivity index (χ4n) is 4.29. The third kappa shape index (κ3) is 12.2. The summed E-state index contributed by atoms with van der Waals surface area (Å²) in [5.74, 6) is -0.763. The largest absolute Gasteiger partial charge is 0.494 e. The van der Waals surface area contributed by atoms with Crippen molar-refractivity contribution in [2.24, 2.45) is 0 Å². The number of hydrogen-bond acceptors (Lipinski definition) is 9. The zero-order chi connectivity index (χ0) is 31.0. The molecule has 1 aliphatic carbocycles. The lowest BCUT2D eigenvalue weighted by molar-refractivity contribution is -0.151. The van der Waals surface area contributed by atoms with E-state index in [9.17, 15) is 19.2 Å². The van der Waals surface area contributed by atoms with Gasteiger partial charge in [-0.3, -0.25) is 4.79 Å². The van der Waals surface area contributed by atoms with Gasteiger partial charge in [0.2, 0.25) is 0 Å². The monoisotopic (exact) mass is 592 g/mol. The van der Waals surface area contributed by atoms with Gasteiger partial charge in [-0.25, -0.2) is 14.4 Å². The Morgan fingerprint density at radius 2 is 1.30 bits per heavy atom. The molecule has 2 aromatic rings. The SMILES string of the molecule is C=C(C)C(=O)Oc1ccc(OC(=O)c2ccc(OCCCCCCOC(=O)C(=C)CC(=O)OC3CCCCC3)cc2)cc1. The molecule has 0 aliphatic heterocycles. The summed E-state index contributed by atoms with van der Waals surface area (Å²) >= 11 is 0. The average Bonchev–Trinajstić information content (AvgIpc) is 3.00. The van der Waals surface area contributed by atoms with Gasteiger partial charge in [0.05, 0.1) is 25.2 Å². The third-order valence-corrected chi connectivity index (χ3v) is 6.72. The molecule has 0 spiro atoms. The Morgan fingerprint density at radius 1 is 0.721 bits per heavy atom. The van der Waals surface area contributed by atoms with Crippen molar-refractivity contribution in [2.75, 3.05) is 13.2 Å². The minimum absolute atomic E-state index is 0.0450. The summed E-state index contributed by atoms with van der Waals surface area (Å²) in [5, 5.41) is 0. The molecule has 0 bridgehead atoms.